The Morgan fingerprint density at radius 1 is 1.58 bits per heavy atom. The van der Waals surface area contributed by atoms with Crippen LogP contribution in [-0.2, 0) is 5.54 Å². The average Bonchev–Trinajstić information content (AvgIpc) is 2.95. The Kier molecular flexibility index (Phi) is 2.87. The fourth-order valence-corrected chi connectivity index (χ4v) is 3.44. The number of amides is 1. The second kappa shape index (κ2) is 4.31. The van der Waals surface area contributed by atoms with E-state index < -0.39 is 5.91 Å². The van der Waals surface area contributed by atoms with E-state index in [0.29, 0.717) is 11.1 Å². The molecule has 0 bridgehead atoms. The van der Waals surface area contributed by atoms with Crippen LogP contribution < -0.4 is 11.1 Å². The third kappa shape index (κ3) is 1.86. The standard InChI is InChI=1S/C13H15BrN4O/c1-13(5-6-16-7-13)18-11(14)8-3-2-4-9(12(15)19)10(8)17-18/h2-4,16H,5-7H2,1H3,(H2,15,19). The summed E-state index contributed by atoms with van der Waals surface area (Å²) >= 11 is 3.60. The summed E-state index contributed by atoms with van der Waals surface area (Å²) < 4.78 is 2.86. The molecule has 6 heteroatoms. The third-order valence-electron chi connectivity index (χ3n) is 3.77. The van der Waals surface area contributed by atoms with Crippen LogP contribution in [0.1, 0.15) is 23.7 Å². The maximum Gasteiger partial charge on any atom is 0.250 e. The van der Waals surface area contributed by atoms with Crippen molar-refractivity contribution in [2.24, 2.45) is 5.73 Å². The summed E-state index contributed by atoms with van der Waals surface area (Å²) in [6.45, 7) is 4.00. The van der Waals surface area contributed by atoms with Crippen LogP contribution in [0.2, 0.25) is 0 Å². The van der Waals surface area contributed by atoms with Gasteiger partial charge in [-0.05, 0) is 48.0 Å². The molecule has 1 unspecified atom stereocenters. The minimum absolute atomic E-state index is 0.0766. The number of halogens is 1. The van der Waals surface area contributed by atoms with Gasteiger partial charge in [0.05, 0.1) is 11.1 Å². The van der Waals surface area contributed by atoms with Crippen LogP contribution in [0.25, 0.3) is 10.9 Å². The minimum atomic E-state index is -0.447. The van der Waals surface area contributed by atoms with Gasteiger partial charge in [0, 0.05) is 11.9 Å². The van der Waals surface area contributed by atoms with Crippen molar-refractivity contribution in [1.82, 2.24) is 15.1 Å². The molecule has 2 heterocycles. The Bertz CT molecular complexity index is 658. The zero-order valence-electron chi connectivity index (χ0n) is 10.6. The molecule has 1 aromatic carbocycles. The van der Waals surface area contributed by atoms with Crippen LogP contribution in [0, 0.1) is 0 Å². The average molecular weight is 323 g/mol. The molecule has 1 saturated heterocycles. The smallest absolute Gasteiger partial charge is 0.250 e. The number of nitrogens with zero attached hydrogens (tertiary/aromatic N) is 2. The van der Waals surface area contributed by atoms with E-state index in [1.807, 2.05) is 16.8 Å². The van der Waals surface area contributed by atoms with Gasteiger partial charge in [0.1, 0.15) is 10.1 Å². The molecule has 1 aliphatic rings. The van der Waals surface area contributed by atoms with Gasteiger partial charge in [0.25, 0.3) is 5.91 Å². The fraction of sp³-hybridized carbons (Fsp3) is 0.385. The molecule has 0 radical (unpaired) electrons. The first kappa shape index (κ1) is 12.6. The van der Waals surface area contributed by atoms with Gasteiger partial charge >= 0.3 is 0 Å². The summed E-state index contributed by atoms with van der Waals surface area (Å²) in [6.07, 6.45) is 1.01. The molecular weight excluding hydrogens is 308 g/mol. The van der Waals surface area contributed by atoms with E-state index in [2.05, 4.69) is 33.3 Å². The molecule has 2 aromatic rings. The van der Waals surface area contributed by atoms with Crippen molar-refractivity contribution in [3.63, 3.8) is 0 Å². The van der Waals surface area contributed by atoms with E-state index in [9.17, 15) is 4.79 Å². The lowest BCUT2D eigenvalue weighted by molar-refractivity contribution is 0.100. The number of carbonyl (C=O) groups excluding carboxylic acids is 1. The van der Waals surface area contributed by atoms with Gasteiger partial charge in [-0.15, -0.1) is 0 Å². The predicted molar refractivity (Wildman–Crippen MR) is 77.1 cm³/mol. The molecule has 0 saturated carbocycles. The van der Waals surface area contributed by atoms with Crippen molar-refractivity contribution in [3.8, 4) is 0 Å². The lowest BCUT2D eigenvalue weighted by atomic mass is 10.0. The van der Waals surface area contributed by atoms with Crippen LogP contribution >= 0.6 is 15.9 Å². The van der Waals surface area contributed by atoms with Crippen molar-refractivity contribution in [1.29, 1.82) is 0 Å². The zero-order chi connectivity index (χ0) is 13.6. The number of hydrogen-bond acceptors (Lipinski definition) is 3. The lowest BCUT2D eigenvalue weighted by Crippen LogP contribution is -2.33. The summed E-state index contributed by atoms with van der Waals surface area (Å²) in [5.74, 6) is -0.447. The number of primary amides is 1. The van der Waals surface area contributed by atoms with Crippen molar-refractivity contribution in [2.45, 2.75) is 18.9 Å². The van der Waals surface area contributed by atoms with E-state index in [1.54, 1.807) is 6.07 Å². The van der Waals surface area contributed by atoms with Crippen molar-refractivity contribution < 1.29 is 4.79 Å². The monoisotopic (exact) mass is 322 g/mol. The van der Waals surface area contributed by atoms with Crippen LogP contribution in [-0.4, -0.2) is 28.8 Å². The molecule has 100 valence electrons. The third-order valence-corrected chi connectivity index (χ3v) is 4.53. The highest BCUT2D eigenvalue weighted by atomic mass is 79.9. The molecule has 3 N–H and O–H groups in total. The van der Waals surface area contributed by atoms with E-state index in [0.717, 1.165) is 29.5 Å². The molecule has 1 fully saturated rings. The SMILES string of the molecule is CC1(n2nc3c(C(N)=O)cccc3c2Br)CCNC1. The number of aromatic nitrogens is 2. The molecule has 1 amide bonds. The summed E-state index contributed by atoms with van der Waals surface area (Å²) in [5, 5.41) is 8.88. The van der Waals surface area contributed by atoms with Crippen LogP contribution in [0.15, 0.2) is 22.8 Å². The van der Waals surface area contributed by atoms with Crippen molar-refractivity contribution in [2.75, 3.05) is 13.1 Å². The first-order valence-corrected chi connectivity index (χ1v) is 7.00. The van der Waals surface area contributed by atoms with Gasteiger partial charge in [0.15, 0.2) is 0 Å². The van der Waals surface area contributed by atoms with Gasteiger partial charge in [-0.2, -0.15) is 5.10 Å². The molecule has 5 nitrogen and oxygen atoms in total. The second-order valence-electron chi connectivity index (χ2n) is 5.19. The quantitative estimate of drug-likeness (QED) is 0.882. The molecule has 19 heavy (non-hydrogen) atoms. The summed E-state index contributed by atoms with van der Waals surface area (Å²) in [5.41, 5.74) is 6.46. The first-order chi connectivity index (χ1) is 9.03. The number of carbonyl (C=O) groups is 1. The molecule has 1 aliphatic heterocycles. The maximum atomic E-state index is 11.5. The Morgan fingerprint density at radius 2 is 2.37 bits per heavy atom. The van der Waals surface area contributed by atoms with Gasteiger partial charge in [-0.1, -0.05) is 6.07 Å². The highest BCUT2D eigenvalue weighted by Crippen LogP contribution is 2.33. The van der Waals surface area contributed by atoms with Crippen LogP contribution in [0.5, 0.6) is 0 Å². The maximum absolute atomic E-state index is 11.5. The molecule has 0 spiro atoms. The number of fused-ring (bicyclic) bond motifs is 1. The summed E-state index contributed by atoms with van der Waals surface area (Å²) in [6, 6.07) is 5.49. The largest absolute Gasteiger partial charge is 0.366 e. The Balaban J connectivity index is 2.25. The second-order valence-corrected chi connectivity index (χ2v) is 5.94. The van der Waals surface area contributed by atoms with Crippen molar-refractivity contribution in [3.05, 3.63) is 28.4 Å². The van der Waals surface area contributed by atoms with Gasteiger partial charge < -0.3 is 11.1 Å². The number of nitrogens with two attached hydrogens (primary N) is 1. The fourth-order valence-electron chi connectivity index (χ4n) is 2.62. The first-order valence-electron chi connectivity index (χ1n) is 6.21. The summed E-state index contributed by atoms with van der Waals surface area (Å²) in [7, 11) is 0. The highest BCUT2D eigenvalue weighted by Gasteiger charge is 2.34. The molecule has 0 aliphatic carbocycles. The predicted octanol–water partition coefficient (Wildman–Crippen LogP) is 1.61. The molecule has 3 rings (SSSR count). The molecular formula is C13H15BrN4O. The van der Waals surface area contributed by atoms with Gasteiger partial charge in [-0.25, -0.2) is 0 Å². The van der Waals surface area contributed by atoms with Gasteiger partial charge in [-0.3, -0.25) is 9.48 Å². The van der Waals surface area contributed by atoms with E-state index in [1.165, 1.54) is 0 Å². The zero-order valence-corrected chi connectivity index (χ0v) is 12.2. The van der Waals surface area contributed by atoms with E-state index >= 15 is 0 Å². The summed E-state index contributed by atoms with van der Waals surface area (Å²) in [4.78, 5) is 11.5. The van der Waals surface area contributed by atoms with Gasteiger partial charge in [0.2, 0.25) is 0 Å². The Labute approximate surface area is 119 Å². The van der Waals surface area contributed by atoms with Crippen LogP contribution in [0.4, 0.5) is 0 Å². The number of benzene rings is 1. The van der Waals surface area contributed by atoms with E-state index in [-0.39, 0.29) is 5.54 Å². The number of hydrogen-bond donors (Lipinski definition) is 2. The van der Waals surface area contributed by atoms with E-state index in [4.69, 9.17) is 5.73 Å². The highest BCUT2D eigenvalue weighted by molar-refractivity contribution is 9.10. The topological polar surface area (TPSA) is 72.9 Å². The Morgan fingerprint density at radius 3 is 3.00 bits per heavy atom. The van der Waals surface area contributed by atoms with Crippen LogP contribution in [0.3, 0.4) is 0 Å². The molecule has 1 atom stereocenters. The molecule has 1 aromatic heterocycles. The Hall–Kier alpha value is -1.40. The minimum Gasteiger partial charge on any atom is -0.366 e. The number of nitrogens with one attached hydrogen (secondary N) is 1. The normalized spacial score (nSPS) is 23.1. The number of rotatable bonds is 2. The van der Waals surface area contributed by atoms with Crippen molar-refractivity contribution >= 4 is 32.7 Å². The lowest BCUT2D eigenvalue weighted by Gasteiger charge is -2.24.